The Kier molecular flexibility index (Phi) is 4.71. The Morgan fingerprint density at radius 2 is 1.79 bits per heavy atom. The molecule has 106 valence electrons. The van der Waals surface area contributed by atoms with E-state index in [4.69, 9.17) is 5.73 Å². The summed E-state index contributed by atoms with van der Waals surface area (Å²) >= 11 is 0. The quantitative estimate of drug-likeness (QED) is 0.881. The van der Waals surface area contributed by atoms with Crippen molar-refractivity contribution in [1.29, 1.82) is 0 Å². The van der Waals surface area contributed by atoms with Crippen molar-refractivity contribution in [3.05, 3.63) is 16.8 Å². The van der Waals surface area contributed by atoms with Gasteiger partial charge >= 0.3 is 0 Å². The zero-order valence-corrected chi connectivity index (χ0v) is 12.3. The molecule has 5 heteroatoms. The van der Waals surface area contributed by atoms with Gasteiger partial charge in [-0.25, -0.2) is 0 Å². The molecule has 2 heterocycles. The first-order valence-corrected chi connectivity index (χ1v) is 7.17. The van der Waals surface area contributed by atoms with Crippen LogP contribution in [0.2, 0.25) is 0 Å². The van der Waals surface area contributed by atoms with E-state index in [1.165, 1.54) is 18.5 Å². The molecule has 1 fully saturated rings. The van der Waals surface area contributed by atoms with Gasteiger partial charge in [0.05, 0.1) is 5.69 Å². The summed E-state index contributed by atoms with van der Waals surface area (Å²) in [5, 5.41) is 8.64. The lowest BCUT2D eigenvalue weighted by atomic mass is 10.1. The molecule has 0 radical (unpaired) electrons. The molecule has 0 spiro atoms. The molecule has 0 amide bonds. The molecular weight excluding hydrogens is 238 g/mol. The van der Waals surface area contributed by atoms with Crippen molar-refractivity contribution in [3.63, 3.8) is 0 Å². The summed E-state index contributed by atoms with van der Waals surface area (Å²) in [4.78, 5) is 4.83. The number of nitrogens with zero attached hydrogens (tertiary/aromatic N) is 4. The summed E-state index contributed by atoms with van der Waals surface area (Å²) in [7, 11) is 0. The molecule has 1 aromatic rings. The van der Waals surface area contributed by atoms with Crippen molar-refractivity contribution in [3.8, 4) is 0 Å². The Labute approximate surface area is 115 Å². The maximum atomic E-state index is 5.90. The highest BCUT2D eigenvalue weighted by Crippen LogP contribution is 2.22. The van der Waals surface area contributed by atoms with Crippen LogP contribution in [0.15, 0.2) is 0 Å². The van der Waals surface area contributed by atoms with E-state index in [2.05, 4.69) is 33.8 Å². The molecule has 1 aliphatic rings. The van der Waals surface area contributed by atoms with Crippen LogP contribution in [0.4, 0.5) is 5.82 Å². The van der Waals surface area contributed by atoms with Gasteiger partial charge in [-0.1, -0.05) is 6.92 Å². The summed E-state index contributed by atoms with van der Waals surface area (Å²) in [5.74, 6) is 0.988. The molecule has 5 nitrogen and oxygen atoms in total. The zero-order chi connectivity index (χ0) is 13.8. The average Bonchev–Trinajstić information content (AvgIpc) is 2.43. The van der Waals surface area contributed by atoms with Crippen LogP contribution in [-0.2, 0) is 6.54 Å². The SMILES string of the molecule is CCCN1CCN(c2nnc(C)c(C)c2CN)CC1. The van der Waals surface area contributed by atoms with E-state index in [1.807, 2.05) is 6.92 Å². The van der Waals surface area contributed by atoms with Crippen LogP contribution in [-0.4, -0.2) is 47.8 Å². The normalized spacial score (nSPS) is 16.9. The number of aromatic nitrogens is 2. The second-order valence-corrected chi connectivity index (χ2v) is 5.25. The van der Waals surface area contributed by atoms with E-state index in [1.54, 1.807) is 0 Å². The van der Waals surface area contributed by atoms with E-state index < -0.39 is 0 Å². The van der Waals surface area contributed by atoms with Crippen LogP contribution in [0.1, 0.15) is 30.2 Å². The van der Waals surface area contributed by atoms with Crippen molar-refractivity contribution in [2.75, 3.05) is 37.6 Å². The van der Waals surface area contributed by atoms with Crippen LogP contribution < -0.4 is 10.6 Å². The van der Waals surface area contributed by atoms with Gasteiger partial charge in [0, 0.05) is 38.3 Å². The number of hydrogen-bond acceptors (Lipinski definition) is 5. The molecule has 0 unspecified atom stereocenters. The molecule has 0 bridgehead atoms. The Hall–Kier alpha value is -1.20. The molecule has 19 heavy (non-hydrogen) atoms. The number of piperazine rings is 1. The molecule has 2 N–H and O–H groups in total. The lowest BCUT2D eigenvalue weighted by molar-refractivity contribution is 0.257. The van der Waals surface area contributed by atoms with Gasteiger partial charge in [0.15, 0.2) is 5.82 Å². The Morgan fingerprint density at radius 3 is 2.37 bits per heavy atom. The number of aryl methyl sites for hydroxylation is 1. The summed E-state index contributed by atoms with van der Waals surface area (Å²) in [6, 6.07) is 0. The fourth-order valence-electron chi connectivity index (χ4n) is 2.64. The average molecular weight is 263 g/mol. The number of nitrogens with two attached hydrogens (primary N) is 1. The first-order valence-electron chi connectivity index (χ1n) is 7.17. The standard InChI is InChI=1S/C14H25N5/c1-4-5-18-6-8-19(9-7-18)14-13(10-15)11(2)12(3)16-17-14/h4-10,15H2,1-3H3. The van der Waals surface area contributed by atoms with Crippen LogP contribution in [0.5, 0.6) is 0 Å². The third kappa shape index (κ3) is 3.04. The smallest absolute Gasteiger partial charge is 0.156 e. The van der Waals surface area contributed by atoms with Gasteiger partial charge in [0.2, 0.25) is 0 Å². The van der Waals surface area contributed by atoms with Gasteiger partial charge < -0.3 is 10.6 Å². The monoisotopic (exact) mass is 263 g/mol. The van der Waals surface area contributed by atoms with Crippen LogP contribution in [0, 0.1) is 13.8 Å². The number of anilines is 1. The summed E-state index contributed by atoms with van der Waals surface area (Å²) in [6.45, 7) is 12.3. The predicted molar refractivity (Wildman–Crippen MR) is 78.3 cm³/mol. The molecule has 0 aliphatic carbocycles. The molecule has 0 saturated carbocycles. The van der Waals surface area contributed by atoms with E-state index in [0.717, 1.165) is 43.3 Å². The maximum Gasteiger partial charge on any atom is 0.156 e. The molecule has 1 aliphatic heterocycles. The van der Waals surface area contributed by atoms with Gasteiger partial charge in [-0.15, -0.1) is 5.10 Å². The minimum absolute atomic E-state index is 0.534. The first kappa shape index (κ1) is 14.2. The first-order chi connectivity index (χ1) is 9.17. The van der Waals surface area contributed by atoms with Crippen molar-refractivity contribution < 1.29 is 0 Å². The number of rotatable bonds is 4. The molecule has 1 aromatic heterocycles. The molecular formula is C14H25N5. The highest BCUT2D eigenvalue weighted by atomic mass is 15.3. The lowest BCUT2D eigenvalue weighted by Crippen LogP contribution is -2.47. The summed E-state index contributed by atoms with van der Waals surface area (Å²) in [5.41, 5.74) is 9.21. The highest BCUT2D eigenvalue weighted by molar-refractivity contribution is 5.51. The fourth-order valence-corrected chi connectivity index (χ4v) is 2.64. The van der Waals surface area contributed by atoms with E-state index in [-0.39, 0.29) is 0 Å². The third-order valence-electron chi connectivity index (χ3n) is 3.98. The van der Waals surface area contributed by atoms with E-state index in [9.17, 15) is 0 Å². The molecule has 2 rings (SSSR count). The van der Waals surface area contributed by atoms with E-state index >= 15 is 0 Å². The van der Waals surface area contributed by atoms with Gasteiger partial charge in [0.25, 0.3) is 0 Å². The van der Waals surface area contributed by atoms with Crippen LogP contribution in [0.3, 0.4) is 0 Å². The van der Waals surface area contributed by atoms with Gasteiger partial charge in [-0.2, -0.15) is 5.10 Å². The topological polar surface area (TPSA) is 58.3 Å². The van der Waals surface area contributed by atoms with Gasteiger partial charge in [-0.3, -0.25) is 4.90 Å². The lowest BCUT2D eigenvalue weighted by Gasteiger charge is -2.36. The van der Waals surface area contributed by atoms with Gasteiger partial charge in [-0.05, 0) is 32.4 Å². The largest absolute Gasteiger partial charge is 0.352 e. The predicted octanol–water partition coefficient (Wildman–Crippen LogP) is 1.08. The molecule has 0 aromatic carbocycles. The summed E-state index contributed by atoms with van der Waals surface area (Å²) < 4.78 is 0. The summed E-state index contributed by atoms with van der Waals surface area (Å²) in [6.07, 6.45) is 1.22. The minimum atomic E-state index is 0.534. The van der Waals surface area contributed by atoms with Gasteiger partial charge in [0.1, 0.15) is 0 Å². The maximum absolute atomic E-state index is 5.90. The Balaban J connectivity index is 2.13. The number of hydrogen-bond donors (Lipinski definition) is 1. The zero-order valence-electron chi connectivity index (χ0n) is 12.3. The second kappa shape index (κ2) is 6.30. The van der Waals surface area contributed by atoms with Crippen molar-refractivity contribution in [2.45, 2.75) is 33.7 Å². The van der Waals surface area contributed by atoms with Crippen molar-refractivity contribution >= 4 is 5.82 Å². The highest BCUT2D eigenvalue weighted by Gasteiger charge is 2.21. The Bertz CT molecular complexity index is 424. The molecule has 0 atom stereocenters. The van der Waals surface area contributed by atoms with Crippen LogP contribution >= 0.6 is 0 Å². The van der Waals surface area contributed by atoms with Crippen molar-refractivity contribution in [1.82, 2.24) is 15.1 Å². The minimum Gasteiger partial charge on any atom is -0.352 e. The Morgan fingerprint density at radius 1 is 1.11 bits per heavy atom. The third-order valence-corrected chi connectivity index (χ3v) is 3.98. The fraction of sp³-hybridized carbons (Fsp3) is 0.714. The second-order valence-electron chi connectivity index (χ2n) is 5.25. The van der Waals surface area contributed by atoms with E-state index in [0.29, 0.717) is 6.54 Å². The van der Waals surface area contributed by atoms with Crippen molar-refractivity contribution in [2.24, 2.45) is 5.73 Å². The van der Waals surface area contributed by atoms with Crippen LogP contribution in [0.25, 0.3) is 0 Å². The molecule has 1 saturated heterocycles.